The normalized spacial score (nSPS) is 18.5. The molecule has 6 heteroatoms. The van der Waals surface area contributed by atoms with Gasteiger partial charge in [-0.3, -0.25) is 14.4 Å². The molecule has 0 atom stereocenters. The van der Waals surface area contributed by atoms with Crippen molar-refractivity contribution in [2.24, 2.45) is 5.16 Å². The summed E-state index contributed by atoms with van der Waals surface area (Å²) in [6, 6.07) is 7.64. The molecular formula is C24H24N2O4. The minimum Gasteiger partial charge on any atom is -0.395 e. The quantitative estimate of drug-likeness (QED) is 0.443. The lowest BCUT2D eigenvalue weighted by Gasteiger charge is -2.16. The van der Waals surface area contributed by atoms with Crippen molar-refractivity contribution in [3.05, 3.63) is 64.4 Å². The Morgan fingerprint density at radius 3 is 2.67 bits per heavy atom. The predicted molar refractivity (Wildman–Crippen MR) is 114 cm³/mol. The molecule has 1 aromatic carbocycles. The number of hydrogen-bond donors (Lipinski definition) is 1. The van der Waals surface area contributed by atoms with E-state index in [1.165, 1.54) is 0 Å². The number of carbonyl (C=O) groups is 3. The average Bonchev–Trinajstić information content (AvgIpc) is 3.03. The Hall–Kier alpha value is -3.28. The number of Topliss-reactive ketones (excluding diaryl/α,β-unsaturated/α-hetero) is 2. The number of oxime groups is 1. The van der Waals surface area contributed by atoms with Crippen molar-refractivity contribution in [1.29, 1.82) is 0 Å². The number of amides is 1. The third-order valence-corrected chi connectivity index (χ3v) is 5.67. The third-order valence-electron chi connectivity index (χ3n) is 5.67. The van der Waals surface area contributed by atoms with Gasteiger partial charge in [-0.15, -0.1) is 0 Å². The van der Waals surface area contributed by atoms with Crippen LogP contribution in [0.3, 0.4) is 0 Å². The number of fused-ring (bicyclic) bond motifs is 2. The maximum atomic E-state index is 12.6. The van der Waals surface area contributed by atoms with Crippen LogP contribution in [0.25, 0.3) is 5.57 Å². The van der Waals surface area contributed by atoms with Gasteiger partial charge >= 0.3 is 0 Å². The summed E-state index contributed by atoms with van der Waals surface area (Å²) in [4.78, 5) is 41.4. The van der Waals surface area contributed by atoms with Crippen LogP contribution >= 0.6 is 0 Å². The molecule has 0 spiro atoms. The van der Waals surface area contributed by atoms with Gasteiger partial charge in [-0.1, -0.05) is 35.5 Å². The standard InChI is InChI=1S/C24H24N2O4/c1-15(16-6-9-18(27)10-7-16)26-30-13-12-23(28)25-17-8-11-20-19-4-2-3-5-21(19)24(29)22(20)14-17/h2-6,14H,7-13H2,1H3,(H,25,28). The summed E-state index contributed by atoms with van der Waals surface area (Å²) in [6.07, 6.45) is 6.98. The molecule has 1 N–H and O–H groups in total. The van der Waals surface area contributed by atoms with Gasteiger partial charge in [-0.2, -0.15) is 0 Å². The fourth-order valence-corrected chi connectivity index (χ4v) is 4.02. The van der Waals surface area contributed by atoms with Gasteiger partial charge in [-0.05, 0) is 49.0 Å². The van der Waals surface area contributed by atoms with Gasteiger partial charge in [0.25, 0.3) is 0 Å². The molecule has 1 aromatic rings. The molecule has 1 amide bonds. The number of nitrogens with one attached hydrogen (secondary N) is 1. The van der Waals surface area contributed by atoms with Crippen LogP contribution in [0, 0.1) is 0 Å². The predicted octanol–water partition coefficient (Wildman–Crippen LogP) is 3.89. The maximum absolute atomic E-state index is 12.6. The molecular weight excluding hydrogens is 380 g/mol. The van der Waals surface area contributed by atoms with Crippen LogP contribution in [-0.2, 0) is 14.4 Å². The fraction of sp³-hybridized carbons (Fsp3) is 0.333. The average molecular weight is 404 g/mol. The minimum atomic E-state index is -0.163. The second-order valence-electron chi connectivity index (χ2n) is 7.72. The van der Waals surface area contributed by atoms with E-state index in [1.54, 1.807) is 6.08 Å². The molecule has 0 heterocycles. The van der Waals surface area contributed by atoms with Crippen molar-refractivity contribution >= 4 is 28.8 Å². The number of benzene rings is 1. The van der Waals surface area contributed by atoms with Crippen LogP contribution < -0.4 is 5.32 Å². The Kier molecular flexibility index (Phi) is 5.74. The summed E-state index contributed by atoms with van der Waals surface area (Å²) in [6.45, 7) is 2.01. The molecule has 30 heavy (non-hydrogen) atoms. The first kappa shape index (κ1) is 20.0. The van der Waals surface area contributed by atoms with E-state index in [0.717, 1.165) is 40.1 Å². The fourth-order valence-electron chi connectivity index (χ4n) is 4.02. The smallest absolute Gasteiger partial charge is 0.227 e. The van der Waals surface area contributed by atoms with E-state index >= 15 is 0 Å². The first-order valence-electron chi connectivity index (χ1n) is 10.3. The lowest BCUT2D eigenvalue weighted by molar-refractivity contribution is -0.121. The summed E-state index contributed by atoms with van der Waals surface area (Å²) in [5, 5.41) is 6.95. The van der Waals surface area contributed by atoms with Gasteiger partial charge in [0.2, 0.25) is 5.91 Å². The van der Waals surface area contributed by atoms with Gasteiger partial charge in [-0.25, -0.2) is 0 Å². The molecule has 3 aliphatic carbocycles. The zero-order valence-electron chi connectivity index (χ0n) is 17.0. The van der Waals surface area contributed by atoms with Crippen LogP contribution in [0.1, 0.15) is 61.4 Å². The highest BCUT2D eigenvalue weighted by Crippen LogP contribution is 2.39. The van der Waals surface area contributed by atoms with E-state index < -0.39 is 0 Å². The highest BCUT2D eigenvalue weighted by molar-refractivity contribution is 6.22. The van der Waals surface area contributed by atoms with Gasteiger partial charge in [0.1, 0.15) is 12.4 Å². The largest absolute Gasteiger partial charge is 0.395 e. The zero-order valence-corrected chi connectivity index (χ0v) is 17.0. The molecule has 0 saturated heterocycles. The first-order valence-corrected chi connectivity index (χ1v) is 10.3. The van der Waals surface area contributed by atoms with Crippen LogP contribution in [-0.4, -0.2) is 29.8 Å². The highest BCUT2D eigenvalue weighted by atomic mass is 16.6. The topological polar surface area (TPSA) is 84.8 Å². The maximum Gasteiger partial charge on any atom is 0.227 e. The van der Waals surface area contributed by atoms with Gasteiger partial charge < -0.3 is 10.2 Å². The molecule has 0 radical (unpaired) electrons. The van der Waals surface area contributed by atoms with Gasteiger partial charge in [0, 0.05) is 29.7 Å². The van der Waals surface area contributed by atoms with Gasteiger partial charge in [0.05, 0.1) is 12.1 Å². The lowest BCUT2D eigenvalue weighted by Crippen LogP contribution is -2.25. The number of carbonyl (C=O) groups excluding carboxylic acids is 3. The van der Waals surface area contributed by atoms with E-state index in [1.807, 2.05) is 37.3 Å². The van der Waals surface area contributed by atoms with Gasteiger partial charge in [0.15, 0.2) is 5.78 Å². The Balaban J connectivity index is 1.28. The minimum absolute atomic E-state index is 0.0268. The summed E-state index contributed by atoms with van der Waals surface area (Å²) in [5.74, 6) is 0.106. The van der Waals surface area contributed by atoms with Crippen molar-refractivity contribution in [3.8, 4) is 0 Å². The molecule has 0 bridgehead atoms. The van der Waals surface area contributed by atoms with Crippen molar-refractivity contribution in [3.63, 3.8) is 0 Å². The third kappa shape index (κ3) is 4.17. The summed E-state index contributed by atoms with van der Waals surface area (Å²) in [7, 11) is 0. The summed E-state index contributed by atoms with van der Waals surface area (Å²) in [5.41, 5.74) is 6.04. The van der Waals surface area contributed by atoms with E-state index in [2.05, 4.69) is 10.5 Å². The molecule has 6 nitrogen and oxygen atoms in total. The number of nitrogens with zero attached hydrogens (tertiary/aromatic N) is 1. The highest BCUT2D eigenvalue weighted by Gasteiger charge is 2.30. The second kappa shape index (κ2) is 8.61. The second-order valence-corrected chi connectivity index (χ2v) is 7.72. The van der Waals surface area contributed by atoms with Crippen molar-refractivity contribution in [2.75, 3.05) is 6.61 Å². The molecule has 0 fully saturated rings. The van der Waals surface area contributed by atoms with E-state index in [4.69, 9.17) is 4.84 Å². The number of hydrogen-bond acceptors (Lipinski definition) is 5. The number of allylic oxidation sites excluding steroid dienone is 6. The lowest BCUT2D eigenvalue weighted by atomic mass is 9.95. The van der Waals surface area contributed by atoms with Crippen molar-refractivity contribution < 1.29 is 19.2 Å². The van der Waals surface area contributed by atoms with Crippen LogP contribution in [0.4, 0.5) is 0 Å². The van der Waals surface area contributed by atoms with E-state index in [9.17, 15) is 14.4 Å². The molecule has 3 aliphatic rings. The molecule has 0 saturated carbocycles. The Bertz CT molecular complexity index is 1040. The Labute approximate surface area is 175 Å². The van der Waals surface area contributed by atoms with Crippen molar-refractivity contribution in [1.82, 2.24) is 5.32 Å². The number of ketones is 2. The van der Waals surface area contributed by atoms with E-state index in [-0.39, 0.29) is 30.5 Å². The van der Waals surface area contributed by atoms with Crippen molar-refractivity contribution in [2.45, 2.75) is 45.4 Å². The van der Waals surface area contributed by atoms with Crippen LogP contribution in [0.5, 0.6) is 0 Å². The summed E-state index contributed by atoms with van der Waals surface area (Å²) < 4.78 is 0. The Morgan fingerprint density at radius 1 is 1.10 bits per heavy atom. The summed E-state index contributed by atoms with van der Waals surface area (Å²) >= 11 is 0. The van der Waals surface area contributed by atoms with Crippen LogP contribution in [0.2, 0.25) is 0 Å². The monoisotopic (exact) mass is 404 g/mol. The first-order chi connectivity index (χ1) is 14.5. The van der Waals surface area contributed by atoms with Crippen LogP contribution in [0.15, 0.2) is 58.4 Å². The number of rotatable bonds is 6. The molecule has 0 unspecified atom stereocenters. The molecule has 0 aromatic heterocycles. The zero-order chi connectivity index (χ0) is 21.1. The molecule has 154 valence electrons. The SMILES string of the molecule is CC(=NOCCC(=O)NC1=CC2=C(CC1)c1ccccc1C2=O)C1=CCC(=O)CC1. The molecule has 0 aliphatic heterocycles. The Morgan fingerprint density at radius 2 is 1.90 bits per heavy atom. The van der Waals surface area contributed by atoms with E-state index in [0.29, 0.717) is 31.3 Å². The molecule has 4 rings (SSSR count).